The third-order valence-corrected chi connectivity index (χ3v) is 4.70. The fourth-order valence-corrected chi connectivity index (χ4v) is 3.51. The van der Waals surface area contributed by atoms with Gasteiger partial charge in [0.05, 0.1) is 12.5 Å². The van der Waals surface area contributed by atoms with E-state index in [1.165, 1.54) is 6.42 Å². The quantitative estimate of drug-likeness (QED) is 0.717. The fraction of sp³-hybridized carbons (Fsp3) is 0.867. The van der Waals surface area contributed by atoms with E-state index in [0.29, 0.717) is 6.54 Å². The molecule has 0 radical (unpaired) electrons. The van der Waals surface area contributed by atoms with Gasteiger partial charge in [0.15, 0.2) is 0 Å². The van der Waals surface area contributed by atoms with Gasteiger partial charge in [-0.05, 0) is 37.6 Å². The van der Waals surface area contributed by atoms with Crippen molar-refractivity contribution >= 4 is 11.9 Å². The number of hydrogen-bond donors (Lipinski definition) is 3. The van der Waals surface area contributed by atoms with Gasteiger partial charge in [0.1, 0.15) is 0 Å². The molecule has 0 bridgehead atoms. The number of rotatable bonds is 5. The molecule has 1 atom stereocenters. The minimum atomic E-state index is -0.753. The lowest BCUT2D eigenvalue weighted by Crippen LogP contribution is -2.49. The third kappa shape index (κ3) is 4.20. The van der Waals surface area contributed by atoms with Gasteiger partial charge in [-0.3, -0.25) is 9.59 Å². The molecule has 1 aliphatic heterocycles. The molecule has 114 valence electrons. The molecule has 1 saturated heterocycles. The average Bonchev–Trinajstić information content (AvgIpc) is 2.46. The van der Waals surface area contributed by atoms with Crippen molar-refractivity contribution in [2.24, 2.45) is 5.41 Å². The largest absolute Gasteiger partial charge is 0.481 e. The average molecular weight is 282 g/mol. The van der Waals surface area contributed by atoms with E-state index in [1.807, 2.05) is 0 Å². The van der Waals surface area contributed by atoms with Crippen LogP contribution in [0.25, 0.3) is 0 Å². The Bertz CT molecular complexity index is 345. The Morgan fingerprint density at radius 1 is 1.15 bits per heavy atom. The lowest BCUT2D eigenvalue weighted by Gasteiger charge is -2.36. The number of carbonyl (C=O) groups is 2. The van der Waals surface area contributed by atoms with Crippen LogP contribution in [0.5, 0.6) is 0 Å². The number of nitrogens with one attached hydrogen (secondary N) is 2. The van der Waals surface area contributed by atoms with Gasteiger partial charge in [0, 0.05) is 6.54 Å². The van der Waals surface area contributed by atoms with Crippen LogP contribution in [0.2, 0.25) is 0 Å². The Morgan fingerprint density at radius 3 is 2.50 bits per heavy atom. The van der Waals surface area contributed by atoms with Crippen molar-refractivity contribution in [3.05, 3.63) is 0 Å². The summed E-state index contributed by atoms with van der Waals surface area (Å²) >= 11 is 0. The highest BCUT2D eigenvalue weighted by Crippen LogP contribution is 2.38. The minimum Gasteiger partial charge on any atom is -0.481 e. The zero-order valence-corrected chi connectivity index (χ0v) is 12.1. The van der Waals surface area contributed by atoms with Crippen LogP contribution in [0.1, 0.15) is 57.8 Å². The van der Waals surface area contributed by atoms with Gasteiger partial charge < -0.3 is 15.7 Å². The first-order chi connectivity index (χ1) is 9.61. The molecule has 1 amide bonds. The van der Waals surface area contributed by atoms with Crippen LogP contribution in [0.4, 0.5) is 0 Å². The summed E-state index contributed by atoms with van der Waals surface area (Å²) < 4.78 is 0. The first-order valence-corrected chi connectivity index (χ1v) is 7.84. The normalized spacial score (nSPS) is 25.9. The number of amides is 1. The highest BCUT2D eigenvalue weighted by atomic mass is 16.4. The second-order valence-corrected chi connectivity index (χ2v) is 6.35. The van der Waals surface area contributed by atoms with Crippen LogP contribution in [-0.2, 0) is 9.59 Å². The summed E-state index contributed by atoms with van der Waals surface area (Å²) in [7, 11) is 0. The first-order valence-electron chi connectivity index (χ1n) is 7.84. The van der Waals surface area contributed by atoms with Gasteiger partial charge in [-0.25, -0.2) is 0 Å². The Balaban J connectivity index is 1.87. The molecule has 3 N–H and O–H groups in total. The molecule has 0 aromatic carbocycles. The van der Waals surface area contributed by atoms with Gasteiger partial charge in [-0.1, -0.05) is 25.7 Å². The van der Waals surface area contributed by atoms with Crippen molar-refractivity contribution in [1.82, 2.24) is 10.6 Å². The van der Waals surface area contributed by atoms with E-state index < -0.39 is 5.97 Å². The van der Waals surface area contributed by atoms with Gasteiger partial charge in [0.25, 0.3) is 0 Å². The Labute approximate surface area is 120 Å². The summed E-state index contributed by atoms with van der Waals surface area (Å²) in [5.74, 6) is -0.711. The summed E-state index contributed by atoms with van der Waals surface area (Å²) in [5, 5.41) is 15.4. The molecule has 0 spiro atoms. The van der Waals surface area contributed by atoms with Crippen LogP contribution in [-0.4, -0.2) is 36.1 Å². The lowest BCUT2D eigenvalue weighted by molar-refractivity contribution is -0.141. The molecule has 20 heavy (non-hydrogen) atoms. The van der Waals surface area contributed by atoms with E-state index in [2.05, 4.69) is 10.6 Å². The van der Waals surface area contributed by atoms with Crippen LogP contribution < -0.4 is 10.6 Å². The summed E-state index contributed by atoms with van der Waals surface area (Å²) in [4.78, 5) is 23.2. The number of piperidine rings is 1. The first kappa shape index (κ1) is 15.3. The summed E-state index contributed by atoms with van der Waals surface area (Å²) in [5.41, 5.74) is -0.228. The summed E-state index contributed by atoms with van der Waals surface area (Å²) in [6.45, 7) is 1.41. The Morgan fingerprint density at radius 2 is 1.90 bits per heavy atom. The molecule has 2 aliphatic rings. The monoisotopic (exact) mass is 282 g/mol. The van der Waals surface area contributed by atoms with E-state index in [-0.39, 0.29) is 23.8 Å². The number of hydrogen-bond acceptors (Lipinski definition) is 3. The van der Waals surface area contributed by atoms with Crippen molar-refractivity contribution in [1.29, 1.82) is 0 Å². The standard InChI is InChI=1S/C15H26N2O3/c18-13(19)10-15(7-3-1-4-8-15)11-17-14(20)12-6-2-5-9-16-12/h12,16H,1-11H2,(H,17,20)(H,18,19)/t12-/m1/s1. The zero-order valence-electron chi connectivity index (χ0n) is 12.1. The number of carboxylic acid groups (broad SMARTS) is 1. The lowest BCUT2D eigenvalue weighted by atomic mass is 9.71. The van der Waals surface area contributed by atoms with E-state index in [1.54, 1.807) is 0 Å². The second kappa shape index (κ2) is 7.07. The van der Waals surface area contributed by atoms with Crippen molar-refractivity contribution in [3.63, 3.8) is 0 Å². The van der Waals surface area contributed by atoms with Crippen LogP contribution in [0.15, 0.2) is 0 Å². The maximum atomic E-state index is 12.1. The van der Waals surface area contributed by atoms with Crippen LogP contribution in [0, 0.1) is 5.41 Å². The van der Waals surface area contributed by atoms with E-state index in [4.69, 9.17) is 5.11 Å². The second-order valence-electron chi connectivity index (χ2n) is 6.35. The van der Waals surface area contributed by atoms with Gasteiger partial charge >= 0.3 is 5.97 Å². The van der Waals surface area contributed by atoms with E-state index in [0.717, 1.165) is 51.5 Å². The summed E-state index contributed by atoms with van der Waals surface area (Å²) in [6, 6.07) is -0.0887. The third-order valence-electron chi connectivity index (χ3n) is 4.70. The fourth-order valence-electron chi connectivity index (χ4n) is 3.51. The maximum Gasteiger partial charge on any atom is 0.303 e. The Kier molecular flexibility index (Phi) is 5.40. The predicted octanol–water partition coefficient (Wildman–Crippen LogP) is 1.67. The van der Waals surface area contributed by atoms with Gasteiger partial charge in [0.2, 0.25) is 5.91 Å². The van der Waals surface area contributed by atoms with E-state index in [9.17, 15) is 9.59 Å². The molecule has 2 fully saturated rings. The van der Waals surface area contributed by atoms with Crippen molar-refractivity contribution in [2.75, 3.05) is 13.1 Å². The molecular weight excluding hydrogens is 256 g/mol. The SMILES string of the molecule is O=C(O)CC1(CNC(=O)[C@H]2CCCCN2)CCCCC1. The maximum absolute atomic E-state index is 12.1. The van der Waals surface area contributed by atoms with Crippen molar-refractivity contribution in [2.45, 2.75) is 63.8 Å². The zero-order chi connectivity index (χ0) is 14.4. The van der Waals surface area contributed by atoms with Crippen LogP contribution >= 0.6 is 0 Å². The molecule has 1 saturated carbocycles. The molecule has 0 aromatic heterocycles. The van der Waals surface area contributed by atoms with E-state index >= 15 is 0 Å². The smallest absolute Gasteiger partial charge is 0.303 e. The minimum absolute atomic E-state index is 0.0417. The molecule has 5 nitrogen and oxygen atoms in total. The number of carboxylic acids is 1. The van der Waals surface area contributed by atoms with Gasteiger partial charge in [-0.2, -0.15) is 0 Å². The predicted molar refractivity (Wildman–Crippen MR) is 76.4 cm³/mol. The molecular formula is C15H26N2O3. The number of carbonyl (C=O) groups excluding carboxylic acids is 1. The van der Waals surface area contributed by atoms with Crippen LogP contribution in [0.3, 0.4) is 0 Å². The highest BCUT2D eigenvalue weighted by molar-refractivity contribution is 5.82. The topological polar surface area (TPSA) is 78.4 Å². The van der Waals surface area contributed by atoms with Crippen molar-refractivity contribution < 1.29 is 14.7 Å². The van der Waals surface area contributed by atoms with Crippen molar-refractivity contribution in [3.8, 4) is 0 Å². The summed E-state index contributed by atoms with van der Waals surface area (Å²) in [6.07, 6.45) is 8.44. The molecule has 0 unspecified atom stereocenters. The number of aliphatic carboxylic acids is 1. The molecule has 1 aliphatic carbocycles. The highest BCUT2D eigenvalue weighted by Gasteiger charge is 2.35. The molecule has 2 rings (SSSR count). The molecule has 5 heteroatoms. The molecule has 1 heterocycles. The Hall–Kier alpha value is -1.10. The van der Waals surface area contributed by atoms with Gasteiger partial charge in [-0.15, -0.1) is 0 Å². The molecule has 0 aromatic rings.